The van der Waals surface area contributed by atoms with Gasteiger partial charge >= 0.3 is 0 Å². The number of rotatable bonds is 1. The van der Waals surface area contributed by atoms with Crippen LogP contribution in [0.2, 0.25) is 0 Å². The van der Waals surface area contributed by atoms with Gasteiger partial charge in [-0.2, -0.15) is 0 Å². The number of carboxylic acids is 1. The van der Waals surface area contributed by atoms with Crippen molar-refractivity contribution in [1.29, 1.82) is 0 Å². The first kappa shape index (κ1) is 14.4. The lowest BCUT2D eigenvalue weighted by Crippen LogP contribution is -2.60. The molecule has 0 aromatic carbocycles. The number of nitrogens with zero attached hydrogens (tertiary/aromatic N) is 1. The lowest BCUT2D eigenvalue weighted by molar-refractivity contribution is -0.301. The molecule has 3 heterocycles. The van der Waals surface area contributed by atoms with Gasteiger partial charge in [-0.25, -0.2) is 0 Å². The second kappa shape index (κ2) is 5.98. The van der Waals surface area contributed by atoms with Crippen LogP contribution in [0.4, 0.5) is 0 Å². The van der Waals surface area contributed by atoms with E-state index < -0.39 is 5.97 Å². The van der Waals surface area contributed by atoms with E-state index >= 15 is 0 Å². The summed E-state index contributed by atoms with van der Waals surface area (Å²) in [4.78, 5) is 23.2. The zero-order valence-corrected chi connectivity index (χ0v) is 11.8. The number of aliphatic carboxylic acids is 1. The number of hydrogen-bond acceptors (Lipinski definition) is 6. The third-order valence-electron chi connectivity index (χ3n) is 3.10. The molecule has 0 saturated carbocycles. The summed E-state index contributed by atoms with van der Waals surface area (Å²) in [6.07, 6.45) is 7.91. The van der Waals surface area contributed by atoms with Gasteiger partial charge in [0.25, 0.3) is 5.70 Å². The normalized spacial score (nSPS) is 26.6. The predicted molar refractivity (Wildman–Crippen MR) is 73.4 cm³/mol. The first-order valence-electron chi connectivity index (χ1n) is 6.15. The Kier molecular flexibility index (Phi) is 4.32. The Hall–Kier alpha value is -1.98. The van der Waals surface area contributed by atoms with E-state index in [-0.39, 0.29) is 22.9 Å². The summed E-state index contributed by atoms with van der Waals surface area (Å²) in [5.41, 5.74) is 6.07. The monoisotopic (exact) mass is 293 g/mol. The van der Waals surface area contributed by atoms with Gasteiger partial charge in [-0.3, -0.25) is 9.69 Å². The molecule has 1 amide bonds. The van der Waals surface area contributed by atoms with Gasteiger partial charge in [0.05, 0.1) is 29.0 Å². The fourth-order valence-corrected chi connectivity index (χ4v) is 3.23. The van der Waals surface area contributed by atoms with Gasteiger partial charge in [0, 0.05) is 5.75 Å². The van der Waals surface area contributed by atoms with Crippen LogP contribution in [0.1, 0.15) is 6.92 Å². The summed E-state index contributed by atoms with van der Waals surface area (Å²) in [6.45, 7) is 2.65. The van der Waals surface area contributed by atoms with Crippen molar-refractivity contribution in [3.63, 3.8) is 0 Å². The maximum Gasteiger partial charge on any atom is 0.257 e. The molecule has 7 heteroatoms. The van der Waals surface area contributed by atoms with Gasteiger partial charge in [-0.1, -0.05) is 6.92 Å². The summed E-state index contributed by atoms with van der Waals surface area (Å²) in [5.74, 6) is -0.798. The Morgan fingerprint density at radius 3 is 2.85 bits per heavy atom. The van der Waals surface area contributed by atoms with Crippen LogP contribution in [-0.4, -0.2) is 34.4 Å². The lowest BCUT2D eigenvalue weighted by Gasteiger charge is -2.48. The van der Waals surface area contributed by atoms with Crippen molar-refractivity contribution in [1.82, 2.24) is 10.2 Å². The van der Waals surface area contributed by atoms with E-state index in [1.165, 1.54) is 11.0 Å². The first-order valence-corrected chi connectivity index (χ1v) is 7.20. The highest BCUT2D eigenvalue weighted by molar-refractivity contribution is 8.00. The van der Waals surface area contributed by atoms with Gasteiger partial charge in [0.1, 0.15) is 18.8 Å². The molecule has 106 valence electrons. The van der Waals surface area contributed by atoms with Crippen LogP contribution in [0.3, 0.4) is 0 Å². The Morgan fingerprint density at radius 2 is 2.35 bits per heavy atom. The van der Waals surface area contributed by atoms with Crippen LogP contribution in [0.25, 0.3) is 0 Å². The molecule has 3 aliphatic rings. The van der Waals surface area contributed by atoms with Crippen LogP contribution in [0.15, 0.2) is 29.7 Å². The molecule has 0 unspecified atom stereocenters. The van der Waals surface area contributed by atoms with Crippen molar-refractivity contribution in [2.45, 2.75) is 12.3 Å². The highest BCUT2D eigenvalue weighted by atomic mass is 32.2. The number of carbonyl (C=O) groups is 2. The SMILES string of the molecule is C[C@@H]1C(=O)N2C(C(=O)[O-])=CCS[C@@H]12.NC1=CCNC=[C+]1. The molecule has 6 nitrogen and oxygen atoms in total. The van der Waals surface area contributed by atoms with Gasteiger partial charge < -0.3 is 21.0 Å². The fraction of sp³-hybridized carbons (Fsp3) is 0.385. The average molecular weight is 293 g/mol. The number of fused-ring (bicyclic) bond motifs is 1. The summed E-state index contributed by atoms with van der Waals surface area (Å²) in [5, 5.41) is 13.5. The number of β-lactam (4-membered cyclic amide) rings is 1. The number of nitrogens with two attached hydrogens (primary N) is 1. The molecule has 3 N–H and O–H groups in total. The summed E-state index contributed by atoms with van der Waals surface area (Å²) >= 11 is 1.58. The maximum atomic E-state index is 11.3. The van der Waals surface area contributed by atoms with E-state index in [2.05, 4.69) is 11.4 Å². The lowest BCUT2D eigenvalue weighted by atomic mass is 9.99. The molecular weight excluding hydrogens is 278 g/mol. The smallest absolute Gasteiger partial charge is 0.257 e. The highest BCUT2D eigenvalue weighted by Gasteiger charge is 2.47. The second-order valence-electron chi connectivity index (χ2n) is 4.45. The van der Waals surface area contributed by atoms with E-state index in [9.17, 15) is 14.7 Å². The molecule has 20 heavy (non-hydrogen) atoms. The molecule has 3 aliphatic heterocycles. The third kappa shape index (κ3) is 2.79. The molecule has 0 radical (unpaired) electrons. The quantitative estimate of drug-likeness (QED) is 0.471. The van der Waals surface area contributed by atoms with E-state index in [1.54, 1.807) is 18.0 Å². The average Bonchev–Trinajstić information content (AvgIpc) is 2.47. The first-order chi connectivity index (χ1) is 9.52. The Labute approximate surface area is 121 Å². The number of dihydropyridines is 1. The summed E-state index contributed by atoms with van der Waals surface area (Å²) in [6, 6.07) is 0. The third-order valence-corrected chi connectivity index (χ3v) is 4.42. The zero-order chi connectivity index (χ0) is 14.7. The zero-order valence-electron chi connectivity index (χ0n) is 11.0. The van der Waals surface area contributed by atoms with Crippen LogP contribution in [0.5, 0.6) is 0 Å². The number of carboxylic acid groups (broad SMARTS) is 1. The Balaban J connectivity index is 0.000000178. The molecular formula is C13H15N3O3S. The van der Waals surface area contributed by atoms with Crippen molar-refractivity contribution in [2.75, 3.05) is 12.3 Å². The van der Waals surface area contributed by atoms with E-state index in [1.807, 2.05) is 13.0 Å². The van der Waals surface area contributed by atoms with Crippen molar-refractivity contribution in [3.05, 3.63) is 35.8 Å². The number of nitrogens with one attached hydrogen (secondary N) is 1. The minimum Gasteiger partial charge on any atom is -0.543 e. The van der Waals surface area contributed by atoms with Crippen LogP contribution in [0, 0.1) is 12.0 Å². The number of allylic oxidation sites excluding steroid dienone is 1. The molecule has 0 spiro atoms. The minimum absolute atomic E-state index is 0.00500. The topological polar surface area (TPSA) is 98.5 Å². The van der Waals surface area contributed by atoms with Gasteiger partial charge in [0.2, 0.25) is 5.91 Å². The summed E-state index contributed by atoms with van der Waals surface area (Å²) < 4.78 is 0. The van der Waals surface area contributed by atoms with Gasteiger partial charge in [-0.15, -0.1) is 11.8 Å². The molecule has 1 fully saturated rings. The molecule has 0 aliphatic carbocycles. The molecule has 1 saturated heterocycles. The number of hydrogen-bond donors (Lipinski definition) is 2. The van der Waals surface area contributed by atoms with E-state index in [0.717, 1.165) is 12.2 Å². The van der Waals surface area contributed by atoms with Gasteiger partial charge in [0.15, 0.2) is 0 Å². The number of thioether (sulfide) groups is 1. The molecule has 0 bridgehead atoms. The number of carbonyl (C=O) groups excluding carboxylic acids is 2. The molecule has 0 aromatic rings. The standard InChI is InChI=1S/C8H9NO3S.C5H7N2/c1-4-6(10)9-5(8(11)12)2-3-13-7(4)9;6-5-1-3-7-4-2-5/h2,4,7H,3H2,1H3,(H,11,12);1,4,7H,3,6H2/q;+1/p-1/t4-,7+;/m1./s1. The molecule has 2 atom stereocenters. The fourth-order valence-electron chi connectivity index (χ4n) is 2.01. The number of amides is 1. The van der Waals surface area contributed by atoms with Crippen molar-refractivity contribution >= 4 is 23.6 Å². The van der Waals surface area contributed by atoms with Crippen LogP contribution in [-0.2, 0) is 9.59 Å². The highest BCUT2D eigenvalue weighted by Crippen LogP contribution is 2.40. The Morgan fingerprint density at radius 1 is 1.60 bits per heavy atom. The van der Waals surface area contributed by atoms with Crippen molar-refractivity contribution in [2.24, 2.45) is 11.7 Å². The minimum atomic E-state index is -1.26. The van der Waals surface area contributed by atoms with Gasteiger partial charge in [-0.05, 0) is 6.08 Å². The van der Waals surface area contributed by atoms with Crippen LogP contribution < -0.4 is 16.2 Å². The maximum absolute atomic E-state index is 11.3. The molecule has 3 rings (SSSR count). The largest absolute Gasteiger partial charge is 0.543 e. The van der Waals surface area contributed by atoms with E-state index in [0.29, 0.717) is 5.75 Å². The van der Waals surface area contributed by atoms with Crippen molar-refractivity contribution in [3.8, 4) is 0 Å². The second-order valence-corrected chi connectivity index (χ2v) is 5.60. The Bertz CT molecular complexity index is 513. The molecule has 0 aromatic heterocycles. The predicted octanol–water partition coefficient (Wildman–Crippen LogP) is -1.08. The van der Waals surface area contributed by atoms with Crippen molar-refractivity contribution < 1.29 is 14.7 Å². The summed E-state index contributed by atoms with van der Waals surface area (Å²) in [7, 11) is 0. The van der Waals surface area contributed by atoms with E-state index in [4.69, 9.17) is 5.73 Å². The van der Waals surface area contributed by atoms with Crippen LogP contribution >= 0.6 is 11.8 Å².